The SMILES string of the molecule is CCCn1ccnc1Cc1cc(C)ccc1O. The molecule has 0 fully saturated rings. The van der Waals surface area contributed by atoms with E-state index in [0.717, 1.165) is 29.9 Å². The van der Waals surface area contributed by atoms with E-state index < -0.39 is 0 Å². The van der Waals surface area contributed by atoms with Gasteiger partial charge in [-0.25, -0.2) is 4.98 Å². The van der Waals surface area contributed by atoms with Crippen molar-refractivity contribution in [2.24, 2.45) is 0 Å². The quantitative estimate of drug-likeness (QED) is 0.877. The van der Waals surface area contributed by atoms with E-state index in [1.807, 2.05) is 31.5 Å². The molecular weight excluding hydrogens is 212 g/mol. The van der Waals surface area contributed by atoms with Crippen LogP contribution < -0.4 is 0 Å². The van der Waals surface area contributed by atoms with Crippen LogP contribution in [-0.2, 0) is 13.0 Å². The van der Waals surface area contributed by atoms with Crippen LogP contribution in [-0.4, -0.2) is 14.7 Å². The molecule has 2 rings (SSSR count). The minimum Gasteiger partial charge on any atom is -0.508 e. The van der Waals surface area contributed by atoms with Crippen molar-refractivity contribution >= 4 is 0 Å². The zero-order valence-corrected chi connectivity index (χ0v) is 10.3. The molecule has 90 valence electrons. The van der Waals surface area contributed by atoms with Gasteiger partial charge in [0.1, 0.15) is 11.6 Å². The molecule has 0 unspecified atom stereocenters. The first kappa shape index (κ1) is 11.7. The van der Waals surface area contributed by atoms with Gasteiger partial charge in [-0.1, -0.05) is 24.6 Å². The molecule has 1 aromatic carbocycles. The zero-order valence-electron chi connectivity index (χ0n) is 10.3. The van der Waals surface area contributed by atoms with E-state index in [2.05, 4.69) is 16.5 Å². The first-order chi connectivity index (χ1) is 8.20. The van der Waals surface area contributed by atoms with Crippen LogP contribution in [0, 0.1) is 6.92 Å². The summed E-state index contributed by atoms with van der Waals surface area (Å²) in [5.74, 6) is 1.36. The normalized spacial score (nSPS) is 10.7. The highest BCUT2D eigenvalue weighted by Gasteiger charge is 2.07. The minimum atomic E-state index is 0.349. The third-order valence-electron chi connectivity index (χ3n) is 2.85. The molecule has 0 amide bonds. The van der Waals surface area contributed by atoms with Crippen molar-refractivity contribution in [2.75, 3.05) is 0 Å². The number of hydrogen-bond donors (Lipinski definition) is 1. The second-order valence-electron chi connectivity index (χ2n) is 4.35. The molecule has 1 heterocycles. The fraction of sp³-hybridized carbons (Fsp3) is 0.357. The molecule has 17 heavy (non-hydrogen) atoms. The first-order valence-corrected chi connectivity index (χ1v) is 5.99. The van der Waals surface area contributed by atoms with E-state index in [0.29, 0.717) is 12.2 Å². The topological polar surface area (TPSA) is 38.0 Å². The fourth-order valence-electron chi connectivity index (χ4n) is 1.98. The van der Waals surface area contributed by atoms with Crippen molar-refractivity contribution in [1.82, 2.24) is 9.55 Å². The average Bonchev–Trinajstić information content (AvgIpc) is 2.72. The predicted octanol–water partition coefficient (Wildman–Crippen LogP) is 2.90. The summed E-state index contributed by atoms with van der Waals surface area (Å²) in [6.45, 7) is 5.15. The van der Waals surface area contributed by atoms with Gasteiger partial charge in [0.2, 0.25) is 0 Å². The van der Waals surface area contributed by atoms with E-state index in [9.17, 15) is 5.11 Å². The number of benzene rings is 1. The Labute approximate surface area is 102 Å². The molecule has 1 aromatic heterocycles. The zero-order chi connectivity index (χ0) is 12.3. The van der Waals surface area contributed by atoms with Gasteiger partial charge in [-0.2, -0.15) is 0 Å². The smallest absolute Gasteiger partial charge is 0.119 e. The Kier molecular flexibility index (Phi) is 3.47. The van der Waals surface area contributed by atoms with E-state index in [4.69, 9.17) is 0 Å². The van der Waals surface area contributed by atoms with E-state index >= 15 is 0 Å². The molecule has 3 heteroatoms. The van der Waals surface area contributed by atoms with Crippen LogP contribution in [0.3, 0.4) is 0 Å². The molecule has 0 aliphatic rings. The minimum absolute atomic E-state index is 0.349. The number of hydrogen-bond acceptors (Lipinski definition) is 2. The highest BCUT2D eigenvalue weighted by molar-refractivity contribution is 5.37. The van der Waals surface area contributed by atoms with Gasteiger partial charge in [0.15, 0.2) is 0 Å². The average molecular weight is 230 g/mol. The van der Waals surface area contributed by atoms with Crippen LogP contribution >= 0.6 is 0 Å². The Morgan fingerprint density at radius 2 is 2.18 bits per heavy atom. The van der Waals surface area contributed by atoms with E-state index in [1.165, 1.54) is 0 Å². The van der Waals surface area contributed by atoms with Gasteiger partial charge in [0, 0.05) is 30.9 Å². The third-order valence-corrected chi connectivity index (χ3v) is 2.85. The summed E-state index contributed by atoms with van der Waals surface area (Å²) in [7, 11) is 0. The molecule has 2 aromatic rings. The number of nitrogens with zero attached hydrogens (tertiary/aromatic N) is 2. The molecule has 0 aliphatic carbocycles. The number of aryl methyl sites for hydroxylation is 2. The number of phenolic OH excluding ortho intramolecular Hbond substituents is 1. The van der Waals surface area contributed by atoms with Crippen molar-refractivity contribution in [2.45, 2.75) is 33.2 Å². The van der Waals surface area contributed by atoms with Crippen LogP contribution in [0.25, 0.3) is 0 Å². The van der Waals surface area contributed by atoms with Gasteiger partial charge in [-0.15, -0.1) is 0 Å². The molecule has 1 N–H and O–H groups in total. The summed E-state index contributed by atoms with van der Waals surface area (Å²) in [6.07, 6.45) is 5.58. The summed E-state index contributed by atoms with van der Waals surface area (Å²) in [4.78, 5) is 4.35. The second-order valence-corrected chi connectivity index (χ2v) is 4.35. The van der Waals surface area contributed by atoms with Gasteiger partial charge in [0.25, 0.3) is 0 Å². The number of rotatable bonds is 4. The fourth-order valence-corrected chi connectivity index (χ4v) is 1.98. The van der Waals surface area contributed by atoms with Crippen molar-refractivity contribution in [1.29, 1.82) is 0 Å². The first-order valence-electron chi connectivity index (χ1n) is 5.99. The highest BCUT2D eigenvalue weighted by Crippen LogP contribution is 2.21. The van der Waals surface area contributed by atoms with Crippen molar-refractivity contribution < 1.29 is 5.11 Å². The number of phenols is 1. The Morgan fingerprint density at radius 3 is 2.94 bits per heavy atom. The molecule has 0 saturated heterocycles. The van der Waals surface area contributed by atoms with Crippen LogP contribution in [0.4, 0.5) is 0 Å². The molecule has 0 spiro atoms. The van der Waals surface area contributed by atoms with Gasteiger partial charge in [0.05, 0.1) is 0 Å². The number of imidazole rings is 1. The van der Waals surface area contributed by atoms with Gasteiger partial charge >= 0.3 is 0 Å². The lowest BCUT2D eigenvalue weighted by Crippen LogP contribution is -2.03. The van der Waals surface area contributed by atoms with Crippen molar-refractivity contribution in [3.63, 3.8) is 0 Å². The maximum absolute atomic E-state index is 9.82. The lowest BCUT2D eigenvalue weighted by atomic mass is 10.1. The van der Waals surface area contributed by atoms with E-state index in [1.54, 1.807) is 6.07 Å². The van der Waals surface area contributed by atoms with Gasteiger partial charge in [-0.3, -0.25) is 0 Å². The molecule has 0 bridgehead atoms. The second kappa shape index (κ2) is 5.04. The van der Waals surface area contributed by atoms with Crippen LogP contribution in [0.2, 0.25) is 0 Å². The summed E-state index contributed by atoms with van der Waals surface area (Å²) in [6, 6.07) is 5.68. The summed E-state index contributed by atoms with van der Waals surface area (Å²) in [5, 5.41) is 9.82. The molecule has 0 radical (unpaired) electrons. The van der Waals surface area contributed by atoms with Crippen LogP contribution in [0.5, 0.6) is 5.75 Å². The largest absolute Gasteiger partial charge is 0.508 e. The molecule has 0 atom stereocenters. The summed E-state index contributed by atoms with van der Waals surface area (Å²) in [5.41, 5.74) is 2.10. The standard InChI is InChI=1S/C14H18N2O/c1-3-7-16-8-6-15-14(16)10-12-9-11(2)4-5-13(12)17/h4-6,8-9,17H,3,7,10H2,1-2H3. The molecule has 0 aliphatic heterocycles. The molecular formula is C14H18N2O. The van der Waals surface area contributed by atoms with Gasteiger partial charge in [-0.05, 0) is 19.4 Å². The Bertz CT molecular complexity index is 503. The molecule has 3 nitrogen and oxygen atoms in total. The molecule has 0 saturated carbocycles. The van der Waals surface area contributed by atoms with Crippen molar-refractivity contribution in [3.8, 4) is 5.75 Å². The Hall–Kier alpha value is -1.77. The lowest BCUT2D eigenvalue weighted by molar-refractivity contribution is 0.468. The maximum atomic E-state index is 9.82. The summed E-state index contributed by atoms with van der Waals surface area (Å²) >= 11 is 0. The lowest BCUT2D eigenvalue weighted by Gasteiger charge is -2.08. The third kappa shape index (κ3) is 2.67. The Balaban J connectivity index is 2.25. The monoisotopic (exact) mass is 230 g/mol. The van der Waals surface area contributed by atoms with Crippen LogP contribution in [0.15, 0.2) is 30.6 Å². The van der Waals surface area contributed by atoms with Gasteiger partial charge < -0.3 is 9.67 Å². The number of aromatic nitrogens is 2. The van der Waals surface area contributed by atoms with E-state index in [-0.39, 0.29) is 0 Å². The van der Waals surface area contributed by atoms with Crippen LogP contribution in [0.1, 0.15) is 30.3 Å². The summed E-state index contributed by atoms with van der Waals surface area (Å²) < 4.78 is 2.14. The van der Waals surface area contributed by atoms with Crippen molar-refractivity contribution in [3.05, 3.63) is 47.5 Å². The number of aromatic hydroxyl groups is 1. The predicted molar refractivity (Wildman–Crippen MR) is 68.2 cm³/mol. The maximum Gasteiger partial charge on any atom is 0.119 e. The Morgan fingerprint density at radius 1 is 1.35 bits per heavy atom. The highest BCUT2D eigenvalue weighted by atomic mass is 16.3.